The van der Waals surface area contributed by atoms with Crippen LogP contribution in [0.3, 0.4) is 0 Å². The maximum atomic E-state index is 10.3. The zero-order valence-electron chi connectivity index (χ0n) is 13.9. The number of unbranched alkanes of at least 4 members (excludes halogenated alkanes) is 9. The SMILES string of the molecule is CC#N.CCCCCC/C=C\CCCCCCCC(=O)O. The van der Waals surface area contributed by atoms with E-state index in [0.717, 1.165) is 12.8 Å². The topological polar surface area (TPSA) is 61.1 Å². The van der Waals surface area contributed by atoms with Gasteiger partial charge >= 0.3 is 5.97 Å². The van der Waals surface area contributed by atoms with Crippen LogP contribution >= 0.6 is 0 Å². The van der Waals surface area contributed by atoms with E-state index < -0.39 is 5.97 Å². The first-order valence-electron chi connectivity index (χ1n) is 8.36. The van der Waals surface area contributed by atoms with Gasteiger partial charge < -0.3 is 5.11 Å². The van der Waals surface area contributed by atoms with Crippen molar-refractivity contribution >= 4 is 5.97 Å². The lowest BCUT2D eigenvalue weighted by atomic mass is 10.1. The highest BCUT2D eigenvalue weighted by molar-refractivity contribution is 5.66. The van der Waals surface area contributed by atoms with Crippen molar-refractivity contribution in [3.05, 3.63) is 12.2 Å². The van der Waals surface area contributed by atoms with Crippen molar-refractivity contribution in [3.63, 3.8) is 0 Å². The molecule has 0 spiro atoms. The van der Waals surface area contributed by atoms with Gasteiger partial charge in [0, 0.05) is 13.3 Å². The first kappa shape index (κ1) is 22.0. The summed E-state index contributed by atoms with van der Waals surface area (Å²) in [4.78, 5) is 10.3. The number of carbonyl (C=O) groups is 1. The summed E-state index contributed by atoms with van der Waals surface area (Å²) in [6.45, 7) is 3.67. The number of nitriles is 1. The highest BCUT2D eigenvalue weighted by Gasteiger charge is 1.95. The molecular formula is C18H33NO2. The van der Waals surface area contributed by atoms with Crippen LogP contribution in [0.15, 0.2) is 12.2 Å². The normalized spacial score (nSPS) is 9.95. The Morgan fingerprint density at radius 2 is 1.38 bits per heavy atom. The standard InChI is InChI=1S/C16H30O2.C2H3N/c1-2-3-4-5-6-7-8-9-10-11-12-13-14-15-16(17)18;1-2-3/h7-8H,2-6,9-15H2,1H3,(H,17,18);1H3/b8-7-;. The predicted molar refractivity (Wildman–Crippen MR) is 89.1 cm³/mol. The lowest BCUT2D eigenvalue weighted by Gasteiger charge is -1.98. The summed E-state index contributed by atoms with van der Waals surface area (Å²) in [6.07, 6.45) is 18.3. The third-order valence-corrected chi connectivity index (χ3v) is 3.15. The maximum Gasteiger partial charge on any atom is 0.303 e. The van der Waals surface area contributed by atoms with Gasteiger partial charge in [-0.2, -0.15) is 5.26 Å². The van der Waals surface area contributed by atoms with Gasteiger partial charge in [0.15, 0.2) is 0 Å². The monoisotopic (exact) mass is 295 g/mol. The number of aliphatic carboxylic acids is 1. The molecule has 0 unspecified atom stereocenters. The van der Waals surface area contributed by atoms with E-state index in [2.05, 4.69) is 19.1 Å². The fraction of sp³-hybridized carbons (Fsp3) is 0.778. The van der Waals surface area contributed by atoms with Gasteiger partial charge in [0.1, 0.15) is 0 Å². The molecule has 0 aromatic carbocycles. The van der Waals surface area contributed by atoms with Crippen LogP contribution in [0.1, 0.15) is 90.9 Å². The number of hydrogen-bond acceptors (Lipinski definition) is 2. The molecule has 122 valence electrons. The average Bonchev–Trinajstić information content (AvgIpc) is 2.44. The van der Waals surface area contributed by atoms with Gasteiger partial charge in [-0.05, 0) is 32.1 Å². The molecule has 0 radical (unpaired) electrons. The van der Waals surface area contributed by atoms with Gasteiger partial charge in [0.25, 0.3) is 0 Å². The van der Waals surface area contributed by atoms with Crippen molar-refractivity contribution in [2.45, 2.75) is 90.9 Å². The smallest absolute Gasteiger partial charge is 0.303 e. The van der Waals surface area contributed by atoms with Crippen molar-refractivity contribution in [1.29, 1.82) is 5.26 Å². The van der Waals surface area contributed by atoms with Gasteiger partial charge in [-0.15, -0.1) is 0 Å². The Hall–Kier alpha value is -1.30. The Bertz CT molecular complexity index is 279. The number of carboxylic acids is 1. The molecule has 0 fully saturated rings. The van der Waals surface area contributed by atoms with Crippen LogP contribution in [-0.4, -0.2) is 11.1 Å². The Morgan fingerprint density at radius 3 is 1.86 bits per heavy atom. The Kier molecular flexibility index (Phi) is 22.0. The second-order valence-electron chi connectivity index (χ2n) is 5.24. The van der Waals surface area contributed by atoms with Crippen molar-refractivity contribution < 1.29 is 9.90 Å². The number of allylic oxidation sites excluding steroid dienone is 2. The van der Waals surface area contributed by atoms with E-state index >= 15 is 0 Å². The van der Waals surface area contributed by atoms with Gasteiger partial charge in [-0.1, -0.05) is 57.6 Å². The number of rotatable bonds is 13. The minimum Gasteiger partial charge on any atom is -0.481 e. The van der Waals surface area contributed by atoms with Crippen LogP contribution < -0.4 is 0 Å². The predicted octanol–water partition coefficient (Wildman–Crippen LogP) is 5.86. The Balaban J connectivity index is 0. The first-order chi connectivity index (χ1) is 10.2. The van der Waals surface area contributed by atoms with Gasteiger partial charge in [0.2, 0.25) is 0 Å². The van der Waals surface area contributed by atoms with E-state index in [1.165, 1.54) is 64.7 Å². The fourth-order valence-electron chi connectivity index (χ4n) is 1.99. The van der Waals surface area contributed by atoms with Crippen molar-refractivity contribution in [2.24, 2.45) is 0 Å². The molecule has 0 aromatic rings. The summed E-state index contributed by atoms with van der Waals surface area (Å²) in [5.74, 6) is -0.666. The van der Waals surface area contributed by atoms with E-state index in [1.54, 1.807) is 6.07 Å². The summed E-state index contributed by atoms with van der Waals surface area (Å²) in [7, 11) is 0. The third-order valence-electron chi connectivity index (χ3n) is 3.15. The minimum absolute atomic E-state index is 0.331. The van der Waals surface area contributed by atoms with E-state index in [0.29, 0.717) is 6.42 Å². The summed E-state index contributed by atoms with van der Waals surface area (Å²) in [6, 6.07) is 1.75. The molecule has 0 bridgehead atoms. The minimum atomic E-state index is -0.666. The lowest BCUT2D eigenvalue weighted by molar-refractivity contribution is -0.137. The van der Waals surface area contributed by atoms with Crippen LogP contribution in [0.25, 0.3) is 0 Å². The maximum absolute atomic E-state index is 10.3. The largest absolute Gasteiger partial charge is 0.481 e. The molecule has 0 saturated heterocycles. The Labute approximate surface area is 131 Å². The lowest BCUT2D eigenvalue weighted by Crippen LogP contribution is -1.93. The second kappa shape index (κ2) is 21.0. The fourth-order valence-corrected chi connectivity index (χ4v) is 1.99. The van der Waals surface area contributed by atoms with Crippen LogP contribution in [0.5, 0.6) is 0 Å². The van der Waals surface area contributed by atoms with Crippen LogP contribution in [0.4, 0.5) is 0 Å². The summed E-state index contributed by atoms with van der Waals surface area (Å²) in [5.41, 5.74) is 0. The summed E-state index contributed by atoms with van der Waals surface area (Å²) in [5, 5.41) is 15.8. The molecular weight excluding hydrogens is 262 g/mol. The van der Waals surface area contributed by atoms with Gasteiger partial charge in [0.05, 0.1) is 6.07 Å². The zero-order valence-corrected chi connectivity index (χ0v) is 13.9. The molecule has 0 aliphatic heterocycles. The zero-order chi connectivity index (χ0) is 16.2. The van der Waals surface area contributed by atoms with Gasteiger partial charge in [-0.25, -0.2) is 0 Å². The molecule has 0 aliphatic carbocycles. The molecule has 0 rings (SSSR count). The highest BCUT2D eigenvalue weighted by atomic mass is 16.4. The molecule has 0 amide bonds. The van der Waals surface area contributed by atoms with Crippen LogP contribution in [0, 0.1) is 11.3 Å². The quantitative estimate of drug-likeness (QED) is 0.342. The molecule has 3 heteroatoms. The van der Waals surface area contributed by atoms with E-state index in [1.807, 2.05) is 0 Å². The molecule has 21 heavy (non-hydrogen) atoms. The number of carboxylic acid groups (broad SMARTS) is 1. The van der Waals surface area contributed by atoms with Crippen molar-refractivity contribution in [3.8, 4) is 6.07 Å². The Morgan fingerprint density at radius 1 is 0.952 bits per heavy atom. The summed E-state index contributed by atoms with van der Waals surface area (Å²) < 4.78 is 0. The van der Waals surface area contributed by atoms with Crippen molar-refractivity contribution in [2.75, 3.05) is 0 Å². The van der Waals surface area contributed by atoms with Crippen LogP contribution in [-0.2, 0) is 4.79 Å². The number of hydrogen-bond donors (Lipinski definition) is 1. The molecule has 0 heterocycles. The van der Waals surface area contributed by atoms with Crippen molar-refractivity contribution in [1.82, 2.24) is 0 Å². The molecule has 0 atom stereocenters. The van der Waals surface area contributed by atoms with Gasteiger partial charge in [-0.3, -0.25) is 4.79 Å². The highest BCUT2D eigenvalue weighted by Crippen LogP contribution is 2.08. The molecule has 3 nitrogen and oxygen atoms in total. The molecule has 1 N–H and O–H groups in total. The second-order valence-corrected chi connectivity index (χ2v) is 5.24. The number of nitrogens with zero attached hydrogens (tertiary/aromatic N) is 1. The molecule has 0 saturated carbocycles. The third kappa shape index (κ3) is 27.8. The van der Waals surface area contributed by atoms with Crippen LogP contribution in [0.2, 0.25) is 0 Å². The molecule has 0 aromatic heterocycles. The molecule has 0 aliphatic rings. The van der Waals surface area contributed by atoms with E-state index in [4.69, 9.17) is 10.4 Å². The van der Waals surface area contributed by atoms with E-state index in [9.17, 15) is 4.79 Å². The van der Waals surface area contributed by atoms with E-state index in [-0.39, 0.29) is 0 Å². The first-order valence-corrected chi connectivity index (χ1v) is 8.36. The summed E-state index contributed by atoms with van der Waals surface area (Å²) >= 11 is 0. The average molecular weight is 295 g/mol.